The van der Waals surface area contributed by atoms with E-state index in [1.54, 1.807) is 6.07 Å². The van der Waals surface area contributed by atoms with Gasteiger partial charge in [-0.3, -0.25) is 4.79 Å². The molecule has 3 N–H and O–H groups in total. The first-order valence-electron chi connectivity index (χ1n) is 12.0. The summed E-state index contributed by atoms with van der Waals surface area (Å²) in [6.45, 7) is 5.01. The normalized spacial score (nSPS) is 14.6. The van der Waals surface area contributed by atoms with E-state index >= 15 is 0 Å². The maximum absolute atomic E-state index is 11.8. The number of carboxylic acids is 1. The molecular weight excluding hydrogens is 519 g/mol. The number of alkyl halides is 3. The number of benzene rings is 2. The van der Waals surface area contributed by atoms with Crippen LogP contribution in [-0.2, 0) is 27.4 Å². The summed E-state index contributed by atoms with van der Waals surface area (Å²) in [6, 6.07) is 13.6. The first-order valence-corrected chi connectivity index (χ1v) is 12.0. The number of aliphatic carboxylic acids is 1. The lowest BCUT2D eigenvalue weighted by molar-refractivity contribution is -0.192. The highest BCUT2D eigenvalue weighted by Gasteiger charge is 2.38. The van der Waals surface area contributed by atoms with Crippen molar-refractivity contribution in [2.45, 2.75) is 51.6 Å². The maximum atomic E-state index is 11.8. The van der Waals surface area contributed by atoms with E-state index in [4.69, 9.17) is 24.1 Å². The van der Waals surface area contributed by atoms with Crippen molar-refractivity contribution in [3.63, 3.8) is 0 Å². The van der Waals surface area contributed by atoms with E-state index in [2.05, 4.69) is 16.4 Å². The van der Waals surface area contributed by atoms with Crippen LogP contribution in [-0.4, -0.2) is 48.0 Å². The Kier molecular flexibility index (Phi) is 9.42. The van der Waals surface area contributed by atoms with E-state index in [9.17, 15) is 23.2 Å². The van der Waals surface area contributed by atoms with Crippen LogP contribution in [0.4, 0.5) is 13.2 Å². The lowest BCUT2D eigenvalue weighted by atomic mass is 9.97. The molecule has 1 aromatic heterocycles. The number of methoxy groups -OCH3 is 1. The fourth-order valence-corrected chi connectivity index (χ4v) is 4.08. The molecule has 0 amide bonds. The number of ether oxygens (including phenoxy) is 3. The maximum Gasteiger partial charge on any atom is 0.490 e. The highest BCUT2D eigenvalue weighted by atomic mass is 19.4. The quantitative estimate of drug-likeness (QED) is 0.360. The van der Waals surface area contributed by atoms with Crippen molar-refractivity contribution < 1.29 is 42.1 Å². The van der Waals surface area contributed by atoms with Gasteiger partial charge in [0.25, 0.3) is 0 Å². The molecule has 0 fully saturated rings. The van der Waals surface area contributed by atoms with E-state index in [0.717, 1.165) is 40.9 Å². The number of carbonyl (C=O) groups is 2. The van der Waals surface area contributed by atoms with Crippen LogP contribution >= 0.6 is 0 Å². The highest BCUT2D eigenvalue weighted by molar-refractivity contribution is 5.87. The fraction of sp³-hybridized carbons (Fsp3) is 0.370. The molecule has 208 valence electrons. The van der Waals surface area contributed by atoms with E-state index in [1.165, 1.54) is 12.7 Å². The summed E-state index contributed by atoms with van der Waals surface area (Å²) in [5, 5.41) is 21.1. The van der Waals surface area contributed by atoms with Crippen LogP contribution in [0.1, 0.15) is 48.7 Å². The number of nitrogens with zero attached hydrogens (tertiary/aromatic N) is 1. The summed E-state index contributed by atoms with van der Waals surface area (Å²) in [4.78, 5) is 24.1. The molecule has 1 aliphatic rings. The van der Waals surface area contributed by atoms with Crippen LogP contribution < -0.4 is 14.8 Å². The molecule has 4 rings (SSSR count). The van der Waals surface area contributed by atoms with Gasteiger partial charge in [-0.1, -0.05) is 6.07 Å². The van der Waals surface area contributed by atoms with Crippen molar-refractivity contribution in [2.75, 3.05) is 13.7 Å². The largest absolute Gasteiger partial charge is 0.490 e. The number of hydrogen-bond donors (Lipinski definition) is 3. The Morgan fingerprint density at radius 2 is 1.92 bits per heavy atom. The number of nitrogens with one attached hydrogen (secondary N) is 2. The standard InChI is InChI=1S/C25H27N3O4.C2HF3O2/c1-15(2)32-23-7-4-16(10-17(23)13-26)14-31-18-5-6-21-20(11-18)19-8-9-27-22(25(19)28-21)12-24(29)30-3;3-2(4,5)1(6)7/h4-7,10-11,15,22,27-28H,8-9,12,14H2,1-3H3;(H,6,7). The first-order chi connectivity index (χ1) is 18.4. The number of aromatic amines is 1. The summed E-state index contributed by atoms with van der Waals surface area (Å²) in [7, 11) is 1.41. The topological polar surface area (TPSA) is 134 Å². The Morgan fingerprint density at radius 3 is 2.54 bits per heavy atom. The average molecular weight is 548 g/mol. The Hall–Kier alpha value is -4.24. The van der Waals surface area contributed by atoms with Crippen molar-refractivity contribution in [2.24, 2.45) is 0 Å². The number of carboxylic acid groups (broad SMARTS) is 1. The van der Waals surface area contributed by atoms with E-state index in [1.807, 2.05) is 44.2 Å². The number of carbonyl (C=O) groups excluding carboxylic acids is 1. The SMILES string of the molecule is COC(=O)CC1NCCc2c1[nH]c1ccc(OCc3ccc(OC(C)C)c(C#N)c3)cc21.O=C(O)C(F)(F)F. The van der Waals surface area contributed by atoms with Gasteiger partial charge in [0, 0.05) is 16.6 Å². The third kappa shape index (κ3) is 7.64. The molecule has 0 spiro atoms. The molecule has 0 aliphatic carbocycles. The number of nitriles is 1. The monoisotopic (exact) mass is 547 g/mol. The second-order valence-corrected chi connectivity index (χ2v) is 8.96. The van der Waals surface area contributed by atoms with Gasteiger partial charge in [-0.05, 0) is 68.3 Å². The molecule has 0 saturated heterocycles. The van der Waals surface area contributed by atoms with Crippen molar-refractivity contribution in [3.05, 3.63) is 58.8 Å². The van der Waals surface area contributed by atoms with Crippen molar-refractivity contribution in [1.82, 2.24) is 10.3 Å². The summed E-state index contributed by atoms with van der Waals surface area (Å²) >= 11 is 0. The van der Waals surface area contributed by atoms with Crippen LogP contribution in [0.5, 0.6) is 11.5 Å². The highest BCUT2D eigenvalue weighted by Crippen LogP contribution is 2.34. The lowest BCUT2D eigenvalue weighted by Crippen LogP contribution is -2.31. The van der Waals surface area contributed by atoms with E-state index in [-0.39, 0.29) is 24.5 Å². The second kappa shape index (κ2) is 12.5. The molecule has 0 radical (unpaired) electrons. The summed E-state index contributed by atoms with van der Waals surface area (Å²) in [5.74, 6) is -1.66. The molecule has 1 atom stereocenters. The molecule has 39 heavy (non-hydrogen) atoms. The smallest absolute Gasteiger partial charge is 0.490 e. The zero-order valence-electron chi connectivity index (χ0n) is 21.5. The number of fused-ring (bicyclic) bond motifs is 3. The Morgan fingerprint density at radius 1 is 1.21 bits per heavy atom. The Balaban J connectivity index is 0.000000532. The molecular formula is C27H28F3N3O6. The third-order valence-corrected chi connectivity index (χ3v) is 5.80. The van der Waals surface area contributed by atoms with Gasteiger partial charge in [0.05, 0.1) is 31.2 Å². The minimum absolute atomic E-state index is 0.00521. The number of halogens is 3. The molecule has 0 bridgehead atoms. The molecule has 1 unspecified atom stereocenters. The summed E-state index contributed by atoms with van der Waals surface area (Å²) < 4.78 is 48.3. The Bertz CT molecular complexity index is 1380. The lowest BCUT2D eigenvalue weighted by Gasteiger charge is -2.23. The zero-order valence-corrected chi connectivity index (χ0v) is 21.5. The van der Waals surface area contributed by atoms with Crippen molar-refractivity contribution in [1.29, 1.82) is 5.26 Å². The van der Waals surface area contributed by atoms with Gasteiger partial charge in [-0.25, -0.2) is 4.79 Å². The predicted octanol–water partition coefficient (Wildman–Crippen LogP) is 4.79. The molecule has 12 heteroatoms. The first kappa shape index (κ1) is 29.3. The number of aromatic nitrogens is 1. The van der Waals surface area contributed by atoms with Gasteiger partial charge in [-0.15, -0.1) is 0 Å². The fourth-order valence-electron chi connectivity index (χ4n) is 4.08. The van der Waals surface area contributed by atoms with Gasteiger partial charge in [0.1, 0.15) is 24.2 Å². The summed E-state index contributed by atoms with van der Waals surface area (Å²) in [6.07, 6.45) is -3.91. The van der Waals surface area contributed by atoms with Crippen LogP contribution in [0.25, 0.3) is 10.9 Å². The van der Waals surface area contributed by atoms with Gasteiger partial charge < -0.3 is 29.6 Å². The van der Waals surface area contributed by atoms with Crippen LogP contribution in [0.15, 0.2) is 36.4 Å². The number of hydrogen-bond acceptors (Lipinski definition) is 7. The van der Waals surface area contributed by atoms with Crippen LogP contribution in [0.2, 0.25) is 0 Å². The predicted molar refractivity (Wildman–Crippen MR) is 134 cm³/mol. The molecule has 9 nitrogen and oxygen atoms in total. The zero-order chi connectivity index (χ0) is 28.7. The third-order valence-electron chi connectivity index (χ3n) is 5.80. The van der Waals surface area contributed by atoms with Crippen molar-refractivity contribution >= 4 is 22.8 Å². The van der Waals surface area contributed by atoms with Gasteiger partial charge in [0.15, 0.2) is 0 Å². The Labute approximate surface area is 222 Å². The molecule has 2 aromatic carbocycles. The van der Waals surface area contributed by atoms with Gasteiger partial charge in [-0.2, -0.15) is 18.4 Å². The molecule has 0 saturated carbocycles. The molecule has 3 aromatic rings. The minimum atomic E-state index is -5.08. The van der Waals surface area contributed by atoms with Crippen LogP contribution in [0.3, 0.4) is 0 Å². The number of esters is 1. The second-order valence-electron chi connectivity index (χ2n) is 8.96. The molecule has 1 aliphatic heterocycles. The van der Waals surface area contributed by atoms with Gasteiger partial charge >= 0.3 is 18.1 Å². The minimum Gasteiger partial charge on any atom is -0.490 e. The number of H-pyrrole nitrogens is 1. The van der Waals surface area contributed by atoms with Crippen molar-refractivity contribution in [3.8, 4) is 17.6 Å². The van der Waals surface area contributed by atoms with Crippen LogP contribution in [0, 0.1) is 11.3 Å². The average Bonchev–Trinajstić information content (AvgIpc) is 3.26. The van der Waals surface area contributed by atoms with E-state index < -0.39 is 12.1 Å². The molecule has 2 heterocycles. The van der Waals surface area contributed by atoms with E-state index in [0.29, 0.717) is 17.9 Å². The van der Waals surface area contributed by atoms with Gasteiger partial charge in [0.2, 0.25) is 0 Å². The number of rotatable bonds is 7. The summed E-state index contributed by atoms with van der Waals surface area (Å²) in [5.41, 5.74) is 4.66.